The molecule has 1 fully saturated rings. The highest BCUT2D eigenvalue weighted by molar-refractivity contribution is 7.10. The molecule has 2 aromatic heterocycles. The highest BCUT2D eigenvalue weighted by atomic mass is 32.1. The summed E-state index contributed by atoms with van der Waals surface area (Å²) >= 11 is 1.76. The van der Waals surface area contributed by atoms with Gasteiger partial charge in [0.1, 0.15) is 10.7 Å². The van der Waals surface area contributed by atoms with Crippen molar-refractivity contribution in [3.63, 3.8) is 0 Å². The van der Waals surface area contributed by atoms with Gasteiger partial charge in [-0.1, -0.05) is 13.3 Å². The van der Waals surface area contributed by atoms with Gasteiger partial charge < -0.3 is 9.73 Å². The van der Waals surface area contributed by atoms with E-state index in [1.165, 1.54) is 17.8 Å². The van der Waals surface area contributed by atoms with E-state index in [1.807, 2.05) is 12.1 Å². The Morgan fingerprint density at radius 3 is 3.00 bits per heavy atom. The lowest BCUT2D eigenvalue weighted by Gasteiger charge is -2.33. The topological polar surface area (TPSA) is 41.3 Å². The fourth-order valence-electron chi connectivity index (χ4n) is 2.71. The van der Waals surface area contributed by atoms with Crippen LogP contribution in [-0.2, 0) is 0 Å². The predicted octanol–water partition coefficient (Wildman–Crippen LogP) is 3.15. The van der Waals surface area contributed by atoms with Crippen LogP contribution < -0.4 is 5.32 Å². The third kappa shape index (κ3) is 2.95. The van der Waals surface area contributed by atoms with Crippen LogP contribution in [0.5, 0.6) is 0 Å². The van der Waals surface area contributed by atoms with Gasteiger partial charge in [-0.05, 0) is 18.6 Å². The molecule has 0 spiro atoms. The first-order valence-electron chi connectivity index (χ1n) is 7.32. The van der Waals surface area contributed by atoms with E-state index >= 15 is 0 Å². The fourth-order valence-corrected chi connectivity index (χ4v) is 3.68. The maximum absolute atomic E-state index is 5.44. The molecule has 4 nitrogen and oxygen atoms in total. The SMILES string of the molecule is CCCC(c1nc(-c2ccco2)cs1)N1CCNCC1. The number of nitrogens with zero attached hydrogens (tertiary/aromatic N) is 2. The summed E-state index contributed by atoms with van der Waals surface area (Å²) in [5.41, 5.74) is 0.964. The number of thiazole rings is 1. The minimum Gasteiger partial charge on any atom is -0.463 e. The van der Waals surface area contributed by atoms with Crippen LogP contribution in [0.1, 0.15) is 30.8 Å². The third-order valence-electron chi connectivity index (χ3n) is 3.74. The summed E-state index contributed by atoms with van der Waals surface area (Å²) in [6.07, 6.45) is 4.06. The van der Waals surface area contributed by atoms with Crippen LogP contribution in [0.25, 0.3) is 11.5 Å². The molecule has 1 N–H and O–H groups in total. The maximum atomic E-state index is 5.44. The van der Waals surface area contributed by atoms with Crippen LogP contribution in [0.2, 0.25) is 0 Å². The van der Waals surface area contributed by atoms with E-state index in [-0.39, 0.29) is 0 Å². The van der Waals surface area contributed by atoms with Gasteiger partial charge in [0.25, 0.3) is 0 Å². The minimum atomic E-state index is 0.454. The quantitative estimate of drug-likeness (QED) is 0.919. The van der Waals surface area contributed by atoms with Crippen LogP contribution in [0.4, 0.5) is 0 Å². The van der Waals surface area contributed by atoms with E-state index in [0.717, 1.165) is 37.6 Å². The van der Waals surface area contributed by atoms with Gasteiger partial charge in [-0.3, -0.25) is 4.90 Å². The Morgan fingerprint density at radius 1 is 1.45 bits per heavy atom. The Balaban J connectivity index is 1.80. The Morgan fingerprint density at radius 2 is 2.30 bits per heavy atom. The van der Waals surface area contributed by atoms with Gasteiger partial charge in [0.2, 0.25) is 0 Å². The lowest BCUT2D eigenvalue weighted by molar-refractivity contribution is 0.164. The van der Waals surface area contributed by atoms with Gasteiger partial charge >= 0.3 is 0 Å². The molecule has 3 heterocycles. The predicted molar refractivity (Wildman–Crippen MR) is 81.9 cm³/mol. The standard InChI is InChI=1S/C15H21N3OS/c1-2-4-13(18-8-6-16-7-9-18)15-17-12(11-20-15)14-5-3-10-19-14/h3,5,10-11,13,16H,2,4,6-9H2,1H3. The fraction of sp³-hybridized carbons (Fsp3) is 0.533. The molecule has 0 radical (unpaired) electrons. The second-order valence-corrected chi connectivity index (χ2v) is 6.03. The van der Waals surface area contributed by atoms with Crippen molar-refractivity contribution < 1.29 is 4.42 Å². The zero-order valence-electron chi connectivity index (χ0n) is 11.8. The van der Waals surface area contributed by atoms with E-state index in [4.69, 9.17) is 9.40 Å². The Kier molecular flexibility index (Phi) is 4.50. The molecule has 2 aromatic rings. The van der Waals surface area contributed by atoms with Crippen LogP contribution in [0, 0.1) is 0 Å². The van der Waals surface area contributed by atoms with Crippen molar-refractivity contribution in [2.75, 3.05) is 26.2 Å². The first-order chi connectivity index (χ1) is 9.88. The van der Waals surface area contributed by atoms with Crippen molar-refractivity contribution >= 4 is 11.3 Å². The molecule has 108 valence electrons. The van der Waals surface area contributed by atoms with E-state index in [1.54, 1.807) is 17.6 Å². The molecular formula is C15H21N3OS. The zero-order valence-corrected chi connectivity index (χ0v) is 12.7. The van der Waals surface area contributed by atoms with Gasteiger partial charge in [-0.15, -0.1) is 11.3 Å². The van der Waals surface area contributed by atoms with Crippen molar-refractivity contribution in [2.45, 2.75) is 25.8 Å². The molecule has 5 heteroatoms. The molecule has 0 aliphatic carbocycles. The second kappa shape index (κ2) is 6.52. The Labute approximate surface area is 123 Å². The normalized spacial score (nSPS) is 18.2. The van der Waals surface area contributed by atoms with E-state index < -0.39 is 0 Å². The number of piperazine rings is 1. The summed E-state index contributed by atoms with van der Waals surface area (Å²) in [7, 11) is 0. The largest absolute Gasteiger partial charge is 0.463 e. The number of hydrogen-bond donors (Lipinski definition) is 1. The Bertz CT molecular complexity index is 517. The summed E-state index contributed by atoms with van der Waals surface area (Å²) in [4.78, 5) is 7.37. The molecule has 0 amide bonds. The zero-order chi connectivity index (χ0) is 13.8. The van der Waals surface area contributed by atoms with Crippen LogP contribution in [0.15, 0.2) is 28.2 Å². The van der Waals surface area contributed by atoms with Gasteiger partial charge in [-0.2, -0.15) is 0 Å². The lowest BCUT2D eigenvalue weighted by atomic mass is 10.1. The third-order valence-corrected chi connectivity index (χ3v) is 4.68. The van der Waals surface area contributed by atoms with Gasteiger partial charge in [-0.25, -0.2) is 4.98 Å². The van der Waals surface area contributed by atoms with Crippen molar-refractivity contribution in [1.82, 2.24) is 15.2 Å². The molecule has 1 unspecified atom stereocenters. The van der Waals surface area contributed by atoms with Crippen LogP contribution in [0.3, 0.4) is 0 Å². The molecule has 1 aliphatic rings. The van der Waals surface area contributed by atoms with Gasteiger partial charge in [0.05, 0.1) is 12.3 Å². The molecule has 20 heavy (non-hydrogen) atoms. The number of nitrogens with one attached hydrogen (secondary N) is 1. The van der Waals surface area contributed by atoms with Crippen molar-refractivity contribution in [2.24, 2.45) is 0 Å². The molecule has 1 saturated heterocycles. The molecule has 3 rings (SSSR count). The minimum absolute atomic E-state index is 0.454. The van der Waals surface area contributed by atoms with E-state index in [0.29, 0.717) is 6.04 Å². The Hall–Kier alpha value is -1.17. The molecule has 0 saturated carbocycles. The lowest BCUT2D eigenvalue weighted by Crippen LogP contribution is -2.45. The average molecular weight is 291 g/mol. The number of aromatic nitrogens is 1. The van der Waals surface area contributed by atoms with Crippen molar-refractivity contribution in [1.29, 1.82) is 0 Å². The summed E-state index contributed by atoms with van der Waals surface area (Å²) in [6, 6.07) is 4.34. The van der Waals surface area contributed by atoms with Crippen molar-refractivity contribution in [3.05, 3.63) is 28.8 Å². The smallest absolute Gasteiger partial charge is 0.153 e. The van der Waals surface area contributed by atoms with Gasteiger partial charge in [0, 0.05) is 31.6 Å². The molecule has 1 aliphatic heterocycles. The summed E-state index contributed by atoms with van der Waals surface area (Å²) in [6.45, 7) is 6.63. The van der Waals surface area contributed by atoms with E-state index in [2.05, 4.69) is 22.5 Å². The molecule has 0 bridgehead atoms. The van der Waals surface area contributed by atoms with Gasteiger partial charge in [0.15, 0.2) is 5.76 Å². The molecular weight excluding hydrogens is 270 g/mol. The van der Waals surface area contributed by atoms with E-state index in [9.17, 15) is 0 Å². The van der Waals surface area contributed by atoms with Crippen LogP contribution >= 0.6 is 11.3 Å². The first-order valence-corrected chi connectivity index (χ1v) is 8.20. The number of rotatable bonds is 5. The first kappa shape index (κ1) is 13.8. The summed E-state index contributed by atoms with van der Waals surface area (Å²) in [5, 5.41) is 6.75. The highest BCUT2D eigenvalue weighted by Crippen LogP contribution is 2.31. The average Bonchev–Trinajstić information content (AvgIpc) is 3.16. The summed E-state index contributed by atoms with van der Waals surface area (Å²) in [5.74, 6) is 0.864. The number of furan rings is 1. The second-order valence-electron chi connectivity index (χ2n) is 5.14. The molecule has 1 atom stereocenters. The highest BCUT2D eigenvalue weighted by Gasteiger charge is 2.24. The van der Waals surface area contributed by atoms with Crippen molar-refractivity contribution in [3.8, 4) is 11.5 Å². The van der Waals surface area contributed by atoms with Crippen LogP contribution in [-0.4, -0.2) is 36.1 Å². The monoisotopic (exact) mass is 291 g/mol. The number of hydrogen-bond acceptors (Lipinski definition) is 5. The maximum Gasteiger partial charge on any atom is 0.153 e. The summed E-state index contributed by atoms with van der Waals surface area (Å²) < 4.78 is 5.44. The molecule has 0 aromatic carbocycles.